The molecule has 0 radical (unpaired) electrons. The summed E-state index contributed by atoms with van der Waals surface area (Å²) in [4.78, 5) is 16.4. The van der Waals surface area contributed by atoms with Crippen LogP contribution in [0.15, 0.2) is 60.9 Å². The number of halogens is 1. The van der Waals surface area contributed by atoms with Crippen LogP contribution in [-0.4, -0.2) is 15.5 Å². The van der Waals surface area contributed by atoms with Crippen molar-refractivity contribution in [3.8, 4) is 5.75 Å². The van der Waals surface area contributed by atoms with Gasteiger partial charge in [0.2, 0.25) is 0 Å². The molecule has 0 aliphatic rings. The lowest BCUT2D eigenvalue weighted by Gasteiger charge is -2.08. The molecule has 0 saturated carbocycles. The number of nitrogens with one attached hydrogen (secondary N) is 1. The molecule has 6 heteroatoms. The smallest absolute Gasteiger partial charge is 0.255 e. The van der Waals surface area contributed by atoms with Crippen molar-refractivity contribution in [2.75, 3.05) is 5.32 Å². The van der Waals surface area contributed by atoms with E-state index < -0.39 is 0 Å². The predicted molar refractivity (Wildman–Crippen MR) is 93.4 cm³/mol. The molecule has 0 unspecified atom stereocenters. The Bertz CT molecular complexity index is 843. The van der Waals surface area contributed by atoms with E-state index in [-0.39, 0.29) is 5.91 Å². The second-order valence-corrected chi connectivity index (χ2v) is 5.67. The summed E-state index contributed by atoms with van der Waals surface area (Å²) < 4.78 is 7.58. The Kier molecular flexibility index (Phi) is 4.82. The van der Waals surface area contributed by atoms with Crippen molar-refractivity contribution >= 4 is 23.2 Å². The van der Waals surface area contributed by atoms with Crippen molar-refractivity contribution in [3.05, 3.63) is 77.3 Å². The Balaban J connectivity index is 1.60. The number of amides is 1. The van der Waals surface area contributed by atoms with Crippen molar-refractivity contribution in [1.82, 2.24) is 9.55 Å². The molecule has 3 rings (SSSR count). The lowest BCUT2D eigenvalue weighted by atomic mass is 10.2. The maximum absolute atomic E-state index is 12.2. The van der Waals surface area contributed by atoms with Gasteiger partial charge in [0, 0.05) is 35.7 Å². The molecule has 0 aliphatic carbocycles. The van der Waals surface area contributed by atoms with Crippen LogP contribution in [0.4, 0.5) is 5.69 Å². The molecule has 0 aliphatic heterocycles. The highest BCUT2D eigenvalue weighted by Gasteiger charge is 2.07. The fraction of sp³-hybridized carbons (Fsp3) is 0.111. The molecular formula is C18H16ClN3O2. The largest absolute Gasteiger partial charge is 0.486 e. The third kappa shape index (κ3) is 3.94. The average molecular weight is 342 g/mol. The van der Waals surface area contributed by atoms with E-state index >= 15 is 0 Å². The first-order valence-corrected chi connectivity index (χ1v) is 7.75. The summed E-state index contributed by atoms with van der Waals surface area (Å²) in [5.74, 6) is 1.34. The molecule has 1 amide bonds. The monoisotopic (exact) mass is 341 g/mol. The average Bonchev–Trinajstić information content (AvgIpc) is 2.99. The van der Waals surface area contributed by atoms with Crippen LogP contribution in [0, 0.1) is 0 Å². The van der Waals surface area contributed by atoms with Gasteiger partial charge in [-0.15, -0.1) is 0 Å². The Labute approximate surface area is 144 Å². The number of hydrogen-bond donors (Lipinski definition) is 1. The lowest BCUT2D eigenvalue weighted by Crippen LogP contribution is -2.11. The Morgan fingerprint density at radius 2 is 2.04 bits per heavy atom. The first-order chi connectivity index (χ1) is 11.6. The van der Waals surface area contributed by atoms with Crippen LogP contribution in [0.2, 0.25) is 5.02 Å². The highest BCUT2D eigenvalue weighted by atomic mass is 35.5. The second kappa shape index (κ2) is 7.19. The summed E-state index contributed by atoms with van der Waals surface area (Å²) in [5.41, 5.74) is 1.20. The molecule has 1 heterocycles. The van der Waals surface area contributed by atoms with Crippen molar-refractivity contribution in [3.63, 3.8) is 0 Å². The number of carbonyl (C=O) groups excluding carboxylic acids is 1. The Morgan fingerprint density at radius 3 is 2.71 bits per heavy atom. The summed E-state index contributed by atoms with van der Waals surface area (Å²) in [6, 6.07) is 14.0. The van der Waals surface area contributed by atoms with Gasteiger partial charge in [0.25, 0.3) is 5.91 Å². The van der Waals surface area contributed by atoms with E-state index in [1.807, 2.05) is 17.8 Å². The van der Waals surface area contributed by atoms with Gasteiger partial charge in [0.05, 0.1) is 0 Å². The van der Waals surface area contributed by atoms with Gasteiger partial charge in [-0.1, -0.05) is 17.7 Å². The van der Waals surface area contributed by atoms with Gasteiger partial charge >= 0.3 is 0 Å². The zero-order valence-corrected chi connectivity index (χ0v) is 13.8. The number of nitrogens with zero attached hydrogens (tertiary/aromatic N) is 2. The summed E-state index contributed by atoms with van der Waals surface area (Å²) >= 11 is 5.90. The van der Waals surface area contributed by atoms with Crippen LogP contribution in [0.5, 0.6) is 5.75 Å². The number of aryl methyl sites for hydroxylation is 1. The molecule has 2 aromatic carbocycles. The zero-order valence-electron chi connectivity index (χ0n) is 13.1. The highest BCUT2D eigenvalue weighted by Crippen LogP contribution is 2.18. The van der Waals surface area contributed by atoms with Crippen LogP contribution in [0.25, 0.3) is 0 Å². The van der Waals surface area contributed by atoms with E-state index in [9.17, 15) is 4.79 Å². The molecule has 5 nitrogen and oxygen atoms in total. The van der Waals surface area contributed by atoms with Gasteiger partial charge in [0.1, 0.15) is 18.2 Å². The fourth-order valence-electron chi connectivity index (χ4n) is 2.15. The van der Waals surface area contributed by atoms with Crippen molar-refractivity contribution < 1.29 is 9.53 Å². The molecule has 122 valence electrons. The quantitative estimate of drug-likeness (QED) is 0.765. The van der Waals surface area contributed by atoms with Gasteiger partial charge < -0.3 is 14.6 Å². The van der Waals surface area contributed by atoms with E-state index in [2.05, 4.69) is 10.3 Å². The van der Waals surface area contributed by atoms with Crippen LogP contribution in [0.1, 0.15) is 16.2 Å². The minimum atomic E-state index is -0.209. The predicted octanol–water partition coefficient (Wildman–Crippen LogP) is 3.90. The topological polar surface area (TPSA) is 56.1 Å². The molecule has 0 atom stereocenters. The number of anilines is 1. The number of benzene rings is 2. The molecule has 0 spiro atoms. The second-order valence-electron chi connectivity index (χ2n) is 5.23. The minimum absolute atomic E-state index is 0.209. The first kappa shape index (κ1) is 16.1. The van der Waals surface area contributed by atoms with Crippen molar-refractivity contribution in [2.45, 2.75) is 6.61 Å². The number of ether oxygens (including phenoxy) is 1. The SMILES string of the molecule is Cn1ccnc1COc1ccc(NC(=O)c2cccc(Cl)c2)cc1. The van der Waals surface area contributed by atoms with Crippen LogP contribution in [0.3, 0.4) is 0 Å². The molecule has 0 bridgehead atoms. The first-order valence-electron chi connectivity index (χ1n) is 7.38. The minimum Gasteiger partial charge on any atom is -0.486 e. The summed E-state index contributed by atoms with van der Waals surface area (Å²) in [6.45, 7) is 0.387. The number of aromatic nitrogens is 2. The van der Waals surface area contributed by atoms with Crippen LogP contribution < -0.4 is 10.1 Å². The third-order valence-electron chi connectivity index (χ3n) is 3.49. The van der Waals surface area contributed by atoms with Gasteiger partial charge in [-0.25, -0.2) is 4.98 Å². The van der Waals surface area contributed by atoms with Crippen LogP contribution >= 0.6 is 11.6 Å². The molecular weight excluding hydrogens is 326 g/mol. The van der Waals surface area contributed by atoms with Crippen LogP contribution in [-0.2, 0) is 13.7 Å². The molecule has 0 fully saturated rings. The van der Waals surface area contributed by atoms with Gasteiger partial charge in [-0.2, -0.15) is 0 Å². The maximum atomic E-state index is 12.2. The molecule has 0 saturated heterocycles. The van der Waals surface area contributed by atoms with Gasteiger partial charge in [-0.3, -0.25) is 4.79 Å². The van der Waals surface area contributed by atoms with E-state index in [1.165, 1.54) is 0 Å². The van der Waals surface area contributed by atoms with E-state index in [0.717, 1.165) is 5.82 Å². The highest BCUT2D eigenvalue weighted by molar-refractivity contribution is 6.31. The third-order valence-corrected chi connectivity index (χ3v) is 3.72. The van der Waals surface area contributed by atoms with E-state index in [0.29, 0.717) is 28.6 Å². The van der Waals surface area contributed by atoms with E-state index in [1.54, 1.807) is 54.7 Å². The van der Waals surface area contributed by atoms with Gasteiger partial charge in [-0.05, 0) is 42.5 Å². The summed E-state index contributed by atoms with van der Waals surface area (Å²) in [6.07, 6.45) is 3.60. The summed E-state index contributed by atoms with van der Waals surface area (Å²) in [7, 11) is 1.92. The molecule has 3 aromatic rings. The standard InChI is InChI=1S/C18H16ClN3O2/c1-22-10-9-20-17(22)12-24-16-7-5-15(6-8-16)21-18(23)13-3-2-4-14(19)11-13/h2-11H,12H2,1H3,(H,21,23). The van der Waals surface area contributed by atoms with Crippen molar-refractivity contribution in [1.29, 1.82) is 0 Å². The van der Waals surface area contributed by atoms with Gasteiger partial charge in [0.15, 0.2) is 0 Å². The molecule has 1 aromatic heterocycles. The maximum Gasteiger partial charge on any atom is 0.255 e. The fourth-order valence-corrected chi connectivity index (χ4v) is 2.34. The number of imidazole rings is 1. The lowest BCUT2D eigenvalue weighted by molar-refractivity contribution is 0.102. The van der Waals surface area contributed by atoms with E-state index in [4.69, 9.17) is 16.3 Å². The van der Waals surface area contributed by atoms with Crippen molar-refractivity contribution in [2.24, 2.45) is 7.05 Å². The summed E-state index contributed by atoms with van der Waals surface area (Å²) in [5, 5.41) is 3.35. The number of carbonyl (C=O) groups is 1. The number of hydrogen-bond acceptors (Lipinski definition) is 3. The molecule has 1 N–H and O–H groups in total. The number of rotatable bonds is 5. The Morgan fingerprint density at radius 1 is 1.25 bits per heavy atom. The Hall–Kier alpha value is -2.79. The zero-order chi connectivity index (χ0) is 16.9. The normalized spacial score (nSPS) is 10.4. The molecule has 24 heavy (non-hydrogen) atoms.